The van der Waals surface area contributed by atoms with E-state index in [4.69, 9.17) is 5.11 Å². The minimum Gasteiger partial charge on any atom is -0.396 e. The van der Waals surface area contributed by atoms with Crippen molar-refractivity contribution in [1.82, 2.24) is 10.3 Å². The molecule has 1 aromatic heterocycles. The van der Waals surface area contributed by atoms with Crippen molar-refractivity contribution in [3.63, 3.8) is 0 Å². The molecule has 120 valence electrons. The number of urea groups is 1. The second kappa shape index (κ2) is 6.22. The molecule has 6 nitrogen and oxygen atoms in total. The molecule has 2 rings (SSSR count). The third-order valence-corrected chi connectivity index (χ3v) is 3.20. The van der Waals surface area contributed by atoms with E-state index in [0.717, 1.165) is 0 Å². The zero-order chi connectivity index (χ0) is 16.3. The number of halogens is 3. The molecule has 0 saturated heterocycles. The van der Waals surface area contributed by atoms with Gasteiger partial charge in [-0.15, -0.1) is 0 Å². The van der Waals surface area contributed by atoms with Crippen LogP contribution in [0.3, 0.4) is 0 Å². The Hall–Kier alpha value is -2.29. The summed E-state index contributed by atoms with van der Waals surface area (Å²) in [4.78, 5) is 25.1. The Labute approximate surface area is 123 Å². The highest BCUT2D eigenvalue weighted by Gasteiger charge is 2.31. The first-order chi connectivity index (χ1) is 10.3. The number of aromatic nitrogens is 1. The number of alkyl halides is 3. The number of aromatic amines is 1. The Morgan fingerprint density at radius 2 is 2.14 bits per heavy atom. The third kappa shape index (κ3) is 3.88. The summed E-state index contributed by atoms with van der Waals surface area (Å²) in [6.45, 7) is -0.0520. The van der Waals surface area contributed by atoms with Gasteiger partial charge in [0.15, 0.2) is 0 Å². The summed E-state index contributed by atoms with van der Waals surface area (Å²) < 4.78 is 37.7. The Bertz CT molecular complexity index is 639. The highest BCUT2D eigenvalue weighted by molar-refractivity contribution is 5.89. The quantitative estimate of drug-likeness (QED) is 0.636. The van der Waals surface area contributed by atoms with Crippen LogP contribution < -0.4 is 16.2 Å². The van der Waals surface area contributed by atoms with E-state index in [0.29, 0.717) is 18.7 Å². The van der Waals surface area contributed by atoms with E-state index in [2.05, 4.69) is 10.6 Å². The molecule has 0 aliphatic heterocycles. The minimum atomic E-state index is -4.63. The minimum absolute atomic E-state index is 0.0520. The summed E-state index contributed by atoms with van der Waals surface area (Å²) in [6, 6.07) is -0.570. The van der Waals surface area contributed by atoms with E-state index < -0.39 is 29.0 Å². The van der Waals surface area contributed by atoms with E-state index in [-0.39, 0.29) is 18.6 Å². The maximum atomic E-state index is 12.6. The van der Waals surface area contributed by atoms with Crippen molar-refractivity contribution >= 4 is 11.7 Å². The van der Waals surface area contributed by atoms with Crippen LogP contribution in [0.4, 0.5) is 23.7 Å². The Balaban J connectivity index is 2.03. The van der Waals surface area contributed by atoms with Gasteiger partial charge in [-0.2, -0.15) is 13.2 Å². The second-order valence-electron chi connectivity index (χ2n) is 4.90. The highest BCUT2D eigenvalue weighted by atomic mass is 19.4. The smallest absolute Gasteiger partial charge is 0.396 e. The molecule has 2 atom stereocenters. The first kappa shape index (κ1) is 16.1. The molecule has 1 aromatic rings. The van der Waals surface area contributed by atoms with Crippen molar-refractivity contribution in [2.45, 2.75) is 18.6 Å². The van der Waals surface area contributed by atoms with E-state index in [1.165, 1.54) is 0 Å². The molecule has 0 unspecified atom stereocenters. The number of carbonyl (C=O) groups is 1. The summed E-state index contributed by atoms with van der Waals surface area (Å²) in [5, 5.41) is 13.6. The SMILES string of the molecule is O=C(Nc1cc(C(F)(F)F)c[nH]c1=O)N[C@@H]1C=C[C@H](CO)C1. The molecule has 0 fully saturated rings. The first-order valence-electron chi connectivity index (χ1n) is 6.46. The maximum absolute atomic E-state index is 12.6. The normalized spacial score (nSPS) is 20.9. The van der Waals surface area contributed by atoms with Gasteiger partial charge in [0, 0.05) is 24.8 Å². The van der Waals surface area contributed by atoms with Gasteiger partial charge in [-0.3, -0.25) is 4.79 Å². The number of rotatable bonds is 3. The standard InChI is InChI=1S/C13H14F3N3O3/c14-13(15,16)8-4-10(11(21)17-5-8)19-12(22)18-9-2-1-7(3-9)6-20/h1-2,4-5,7,9,20H,3,6H2,(H,17,21)(H2,18,19,22)/t7-,9+/m0/s1. The number of hydrogen-bond acceptors (Lipinski definition) is 3. The lowest BCUT2D eigenvalue weighted by atomic mass is 10.1. The van der Waals surface area contributed by atoms with Crippen LogP contribution in [0.5, 0.6) is 0 Å². The van der Waals surface area contributed by atoms with Crippen LogP contribution >= 0.6 is 0 Å². The van der Waals surface area contributed by atoms with Gasteiger partial charge in [-0.1, -0.05) is 12.2 Å². The van der Waals surface area contributed by atoms with Crippen molar-refractivity contribution in [1.29, 1.82) is 0 Å². The predicted molar refractivity (Wildman–Crippen MR) is 72.3 cm³/mol. The van der Waals surface area contributed by atoms with Crippen molar-refractivity contribution in [3.8, 4) is 0 Å². The van der Waals surface area contributed by atoms with Gasteiger partial charge in [0.1, 0.15) is 5.69 Å². The number of nitrogens with one attached hydrogen (secondary N) is 3. The largest absolute Gasteiger partial charge is 0.417 e. The van der Waals surface area contributed by atoms with E-state index in [9.17, 15) is 22.8 Å². The van der Waals surface area contributed by atoms with E-state index in [1.54, 1.807) is 12.2 Å². The highest BCUT2D eigenvalue weighted by Crippen LogP contribution is 2.29. The molecular formula is C13H14F3N3O3. The van der Waals surface area contributed by atoms with Crippen LogP contribution in [-0.4, -0.2) is 28.8 Å². The lowest BCUT2D eigenvalue weighted by Crippen LogP contribution is -2.37. The van der Waals surface area contributed by atoms with E-state index >= 15 is 0 Å². The molecule has 4 N–H and O–H groups in total. The van der Waals surface area contributed by atoms with Gasteiger partial charge in [0.25, 0.3) is 5.56 Å². The zero-order valence-electron chi connectivity index (χ0n) is 11.3. The van der Waals surface area contributed by atoms with Gasteiger partial charge in [0.05, 0.1) is 5.56 Å². The van der Waals surface area contributed by atoms with Gasteiger partial charge in [0.2, 0.25) is 0 Å². The summed E-state index contributed by atoms with van der Waals surface area (Å²) >= 11 is 0. The summed E-state index contributed by atoms with van der Waals surface area (Å²) in [5.74, 6) is -0.0674. The fourth-order valence-corrected chi connectivity index (χ4v) is 2.08. The number of aliphatic hydroxyl groups is 1. The summed E-state index contributed by atoms with van der Waals surface area (Å²) in [7, 11) is 0. The number of aliphatic hydroxyl groups excluding tert-OH is 1. The summed E-state index contributed by atoms with van der Waals surface area (Å²) in [6.07, 6.45) is -0.182. The van der Waals surface area contributed by atoms with Crippen molar-refractivity contribution in [3.05, 3.63) is 40.3 Å². The number of pyridine rings is 1. The van der Waals surface area contributed by atoms with Gasteiger partial charge in [-0.25, -0.2) is 4.79 Å². The number of amides is 2. The monoisotopic (exact) mass is 317 g/mol. The van der Waals surface area contributed by atoms with Crippen LogP contribution in [0, 0.1) is 5.92 Å². The van der Waals surface area contributed by atoms with Gasteiger partial charge in [-0.05, 0) is 12.5 Å². The molecular weight excluding hydrogens is 303 g/mol. The number of hydrogen-bond donors (Lipinski definition) is 4. The van der Waals surface area contributed by atoms with Crippen LogP contribution in [0.25, 0.3) is 0 Å². The van der Waals surface area contributed by atoms with Gasteiger partial charge >= 0.3 is 12.2 Å². The molecule has 0 spiro atoms. The zero-order valence-corrected chi connectivity index (χ0v) is 11.3. The molecule has 9 heteroatoms. The Kier molecular flexibility index (Phi) is 4.55. The van der Waals surface area contributed by atoms with E-state index in [1.807, 2.05) is 4.98 Å². The lowest BCUT2D eigenvalue weighted by Gasteiger charge is -2.14. The molecule has 0 bridgehead atoms. The molecule has 1 aliphatic rings. The Morgan fingerprint density at radius 3 is 2.73 bits per heavy atom. The predicted octanol–water partition coefficient (Wildman–Crippen LogP) is 1.45. The number of H-pyrrole nitrogens is 1. The third-order valence-electron chi connectivity index (χ3n) is 3.20. The fraction of sp³-hybridized carbons (Fsp3) is 0.385. The average Bonchev–Trinajstić information content (AvgIpc) is 2.87. The van der Waals surface area contributed by atoms with Crippen LogP contribution in [0.1, 0.15) is 12.0 Å². The maximum Gasteiger partial charge on any atom is 0.417 e. The molecule has 0 radical (unpaired) electrons. The Morgan fingerprint density at radius 1 is 1.41 bits per heavy atom. The molecule has 1 aliphatic carbocycles. The molecule has 0 aromatic carbocycles. The van der Waals surface area contributed by atoms with Crippen molar-refractivity contribution in [2.24, 2.45) is 5.92 Å². The first-order valence-corrected chi connectivity index (χ1v) is 6.46. The van der Waals surface area contributed by atoms with Crippen molar-refractivity contribution < 1.29 is 23.1 Å². The van der Waals surface area contributed by atoms with Gasteiger partial charge < -0.3 is 20.7 Å². The lowest BCUT2D eigenvalue weighted by molar-refractivity contribution is -0.137. The molecule has 22 heavy (non-hydrogen) atoms. The second-order valence-corrected chi connectivity index (χ2v) is 4.90. The number of carbonyl (C=O) groups excluding carboxylic acids is 1. The average molecular weight is 317 g/mol. The van der Waals surface area contributed by atoms with Crippen LogP contribution in [0.15, 0.2) is 29.2 Å². The molecule has 1 heterocycles. The van der Waals surface area contributed by atoms with Crippen LogP contribution in [0.2, 0.25) is 0 Å². The molecule has 0 saturated carbocycles. The van der Waals surface area contributed by atoms with Crippen LogP contribution in [-0.2, 0) is 6.18 Å². The molecule has 2 amide bonds. The van der Waals surface area contributed by atoms with Crippen molar-refractivity contribution in [2.75, 3.05) is 11.9 Å². The fourth-order valence-electron chi connectivity index (χ4n) is 2.08. The topological polar surface area (TPSA) is 94.2 Å². The number of anilines is 1. The summed E-state index contributed by atoms with van der Waals surface area (Å²) in [5.41, 5.74) is -2.39.